The van der Waals surface area contributed by atoms with Crippen molar-refractivity contribution in [2.24, 2.45) is 0 Å². The lowest BCUT2D eigenvalue weighted by molar-refractivity contribution is -0.271. The Kier molecular flexibility index (Phi) is 8.29. The van der Waals surface area contributed by atoms with Crippen LogP contribution in [0.25, 0.3) is 21.8 Å². The molecule has 0 atom stereocenters. The molecule has 0 saturated carbocycles. The molecule has 0 radical (unpaired) electrons. The molecule has 5 rings (SSSR count). The number of halogens is 6. The van der Waals surface area contributed by atoms with Gasteiger partial charge in [-0.15, -0.1) is 0 Å². The van der Waals surface area contributed by atoms with Crippen molar-refractivity contribution >= 4 is 33.4 Å². The third kappa shape index (κ3) is 5.58. The molecule has 1 heterocycles. The second-order valence-corrected chi connectivity index (χ2v) is 11.1. The van der Waals surface area contributed by atoms with Crippen molar-refractivity contribution < 1.29 is 40.7 Å². The van der Waals surface area contributed by atoms with Crippen LogP contribution in [0.1, 0.15) is 55.5 Å². The number of fused-ring (bicyclic) bond motifs is 3. The second kappa shape index (κ2) is 11.7. The van der Waals surface area contributed by atoms with Gasteiger partial charge >= 0.3 is 18.3 Å². The van der Waals surface area contributed by atoms with Crippen molar-refractivity contribution in [1.29, 1.82) is 0 Å². The van der Waals surface area contributed by atoms with Gasteiger partial charge in [0.2, 0.25) is 0 Å². The normalized spacial score (nSPS) is 12.3. The van der Waals surface area contributed by atoms with Crippen LogP contribution in [0.4, 0.5) is 26.3 Å². The summed E-state index contributed by atoms with van der Waals surface area (Å²) < 4.78 is 86.7. The minimum Gasteiger partial charge on any atom is -0.486 e. The van der Waals surface area contributed by atoms with Crippen LogP contribution in [0, 0.1) is 20.8 Å². The van der Waals surface area contributed by atoms with Crippen LogP contribution in [0.15, 0.2) is 72.8 Å². The van der Waals surface area contributed by atoms with E-state index in [9.17, 15) is 35.9 Å². The third-order valence-electron chi connectivity index (χ3n) is 7.91. The molecule has 0 aliphatic rings. The van der Waals surface area contributed by atoms with Crippen LogP contribution >= 0.6 is 0 Å². The molecule has 10 heteroatoms. The quantitative estimate of drug-likeness (QED) is 0.115. The smallest absolute Gasteiger partial charge is 0.372 e. The summed E-state index contributed by atoms with van der Waals surface area (Å²) in [5, 5.41) is 1.37. The van der Waals surface area contributed by atoms with Gasteiger partial charge in [0.15, 0.2) is 18.2 Å². The van der Waals surface area contributed by atoms with E-state index in [1.165, 1.54) is 24.3 Å². The van der Waals surface area contributed by atoms with Gasteiger partial charge in [-0.05, 0) is 87.4 Å². The van der Waals surface area contributed by atoms with Gasteiger partial charge in [0, 0.05) is 45.0 Å². The molecule has 0 aliphatic heterocycles. The van der Waals surface area contributed by atoms with Crippen molar-refractivity contribution in [1.82, 2.24) is 4.57 Å². The maximum Gasteiger partial charge on any atom is 0.372 e. The largest absolute Gasteiger partial charge is 0.486 e. The van der Waals surface area contributed by atoms with E-state index in [4.69, 9.17) is 4.74 Å². The average Bonchev–Trinajstić information content (AvgIpc) is 3.31. The number of nitrogens with zero attached hydrogens (tertiary/aromatic N) is 1. The molecule has 5 aromatic rings. The summed E-state index contributed by atoms with van der Waals surface area (Å²) >= 11 is 0. The topological polar surface area (TPSA) is 48.3 Å². The van der Waals surface area contributed by atoms with Crippen molar-refractivity contribution in [2.45, 2.75) is 52.5 Å². The molecule has 0 N–H and O–H groups in total. The second-order valence-electron chi connectivity index (χ2n) is 11.1. The SMILES string of the molecule is CCn1c2ccc(C(=O)c3ccccc3OCC(F)(F)C(F)(F)C(F)F)cc2c2cc(C(=O)c3c(C)cc(C)cc3C)ccc21. The molecule has 0 unspecified atom stereocenters. The number of aromatic nitrogens is 1. The van der Waals surface area contributed by atoms with Crippen LogP contribution in [0.5, 0.6) is 5.75 Å². The Hall–Kier alpha value is -4.60. The van der Waals surface area contributed by atoms with Gasteiger partial charge in [-0.2, -0.15) is 17.6 Å². The van der Waals surface area contributed by atoms with Gasteiger partial charge in [-0.1, -0.05) is 29.8 Å². The zero-order valence-corrected chi connectivity index (χ0v) is 24.9. The predicted molar refractivity (Wildman–Crippen MR) is 160 cm³/mol. The number of carbonyl (C=O) groups excluding carboxylic acids is 2. The summed E-state index contributed by atoms with van der Waals surface area (Å²) in [6.07, 6.45) is -4.61. The highest BCUT2D eigenvalue weighted by Crippen LogP contribution is 2.40. The fourth-order valence-electron chi connectivity index (χ4n) is 5.77. The highest BCUT2D eigenvalue weighted by molar-refractivity contribution is 6.18. The Balaban J connectivity index is 1.55. The highest BCUT2D eigenvalue weighted by Gasteiger charge is 2.63. The lowest BCUT2D eigenvalue weighted by Crippen LogP contribution is -2.50. The first-order chi connectivity index (χ1) is 21.2. The molecule has 4 aromatic carbocycles. The summed E-state index contributed by atoms with van der Waals surface area (Å²) in [6.45, 7) is 6.22. The van der Waals surface area contributed by atoms with Gasteiger partial charge in [0.05, 0.1) is 5.56 Å². The minimum absolute atomic E-state index is 0.139. The number of para-hydroxylation sites is 1. The van der Waals surface area contributed by atoms with E-state index in [0.29, 0.717) is 28.4 Å². The Morgan fingerprint density at radius 3 is 1.84 bits per heavy atom. The maximum absolute atomic E-state index is 13.9. The summed E-state index contributed by atoms with van der Waals surface area (Å²) in [7, 11) is 0. The van der Waals surface area contributed by atoms with E-state index in [1.807, 2.05) is 50.5 Å². The average molecular weight is 626 g/mol. The first-order valence-electron chi connectivity index (χ1n) is 14.2. The number of carbonyl (C=O) groups is 2. The molecule has 0 amide bonds. The fourth-order valence-corrected chi connectivity index (χ4v) is 5.77. The van der Waals surface area contributed by atoms with Crippen LogP contribution < -0.4 is 4.74 Å². The zero-order chi connectivity index (χ0) is 32.8. The van der Waals surface area contributed by atoms with Crippen molar-refractivity contribution in [3.8, 4) is 5.75 Å². The number of aryl methyl sites for hydroxylation is 4. The fraction of sp³-hybridized carbons (Fsp3) is 0.257. The summed E-state index contributed by atoms with van der Waals surface area (Å²) in [6, 6.07) is 19.3. The van der Waals surface area contributed by atoms with E-state index in [0.717, 1.165) is 33.8 Å². The molecule has 1 aromatic heterocycles. The van der Waals surface area contributed by atoms with Gasteiger partial charge in [-0.25, -0.2) is 8.78 Å². The van der Waals surface area contributed by atoms with E-state index < -0.39 is 36.4 Å². The van der Waals surface area contributed by atoms with Crippen molar-refractivity contribution in [3.05, 3.63) is 112 Å². The first kappa shape index (κ1) is 31.8. The standard InChI is InChI=1S/C35H29F6NO3/c1-5-42-27-12-10-22(31(43)24-8-6-7-9-29(24)45-18-34(38,39)35(40,41)33(36)37)16-25(27)26-17-23(11-13-28(26)42)32(44)30-20(3)14-19(2)15-21(30)4/h6-17,33H,5,18H2,1-4H3. The first-order valence-corrected chi connectivity index (χ1v) is 14.2. The molecular formula is C35H29F6NO3. The van der Waals surface area contributed by atoms with Crippen LogP contribution in [-0.2, 0) is 6.54 Å². The van der Waals surface area contributed by atoms with Crippen LogP contribution in [-0.4, -0.2) is 41.0 Å². The molecular weight excluding hydrogens is 596 g/mol. The molecule has 45 heavy (non-hydrogen) atoms. The molecule has 0 spiro atoms. The molecule has 0 fully saturated rings. The van der Waals surface area contributed by atoms with Crippen molar-refractivity contribution in [2.75, 3.05) is 6.61 Å². The Bertz CT molecular complexity index is 1940. The Morgan fingerprint density at radius 2 is 1.31 bits per heavy atom. The molecule has 234 valence electrons. The molecule has 0 aliphatic carbocycles. The number of alkyl halides is 6. The van der Waals surface area contributed by atoms with Crippen molar-refractivity contribution in [3.63, 3.8) is 0 Å². The van der Waals surface area contributed by atoms with Gasteiger partial charge in [-0.3, -0.25) is 9.59 Å². The number of ketones is 2. The molecule has 4 nitrogen and oxygen atoms in total. The monoisotopic (exact) mass is 625 g/mol. The van der Waals surface area contributed by atoms with Crippen LogP contribution in [0.3, 0.4) is 0 Å². The van der Waals surface area contributed by atoms with E-state index in [2.05, 4.69) is 0 Å². The number of benzene rings is 4. The van der Waals surface area contributed by atoms with E-state index >= 15 is 0 Å². The van der Waals surface area contributed by atoms with Gasteiger partial charge < -0.3 is 9.30 Å². The van der Waals surface area contributed by atoms with E-state index in [-0.39, 0.29) is 16.9 Å². The highest BCUT2D eigenvalue weighted by atomic mass is 19.3. The van der Waals surface area contributed by atoms with Gasteiger partial charge in [0.25, 0.3) is 0 Å². The van der Waals surface area contributed by atoms with Gasteiger partial charge in [0.1, 0.15) is 5.75 Å². The number of hydrogen-bond donors (Lipinski definition) is 0. The van der Waals surface area contributed by atoms with Crippen LogP contribution in [0.2, 0.25) is 0 Å². The summed E-state index contributed by atoms with van der Waals surface area (Å²) in [4.78, 5) is 27.3. The summed E-state index contributed by atoms with van der Waals surface area (Å²) in [5.41, 5.74) is 5.39. The van der Waals surface area contributed by atoms with E-state index in [1.54, 1.807) is 24.3 Å². The lowest BCUT2D eigenvalue weighted by Gasteiger charge is -2.26. The Labute approximate surface area is 255 Å². The molecule has 0 bridgehead atoms. The number of hydrogen-bond acceptors (Lipinski definition) is 3. The zero-order valence-electron chi connectivity index (χ0n) is 24.9. The lowest BCUT2D eigenvalue weighted by atomic mass is 9.92. The number of rotatable bonds is 10. The summed E-state index contributed by atoms with van der Waals surface area (Å²) in [5.74, 6) is -12.1. The number of ether oxygens (including phenoxy) is 1. The Morgan fingerprint density at radius 1 is 0.778 bits per heavy atom. The molecule has 0 saturated heterocycles. The predicted octanol–water partition coefficient (Wildman–Crippen LogP) is 9.12. The maximum atomic E-state index is 13.9. The minimum atomic E-state index is -5.62. The third-order valence-corrected chi connectivity index (χ3v) is 7.91.